The topological polar surface area (TPSA) is 105 Å². The first kappa shape index (κ1) is 20.7. The molecule has 0 heterocycles. The van der Waals surface area contributed by atoms with Crippen LogP contribution in [0.3, 0.4) is 0 Å². The van der Waals surface area contributed by atoms with Gasteiger partial charge >= 0.3 is 5.97 Å². The highest BCUT2D eigenvalue weighted by molar-refractivity contribution is 5.96. The molecule has 1 aliphatic rings. The van der Waals surface area contributed by atoms with Crippen LogP contribution in [0, 0.1) is 5.92 Å². The lowest BCUT2D eigenvalue weighted by molar-refractivity contribution is -0.137. The molecule has 0 aliphatic heterocycles. The summed E-state index contributed by atoms with van der Waals surface area (Å²) in [5.74, 6) is -0.487. The lowest BCUT2D eigenvalue weighted by Crippen LogP contribution is -2.25. The van der Waals surface area contributed by atoms with Crippen molar-refractivity contribution in [1.82, 2.24) is 0 Å². The number of nitrogens with one attached hydrogen (secondary N) is 2. The van der Waals surface area contributed by atoms with Gasteiger partial charge in [0.15, 0.2) is 0 Å². The number of methoxy groups -OCH3 is 1. The van der Waals surface area contributed by atoms with Gasteiger partial charge in [0.05, 0.1) is 12.8 Å². The van der Waals surface area contributed by atoms with Crippen LogP contribution in [0.15, 0.2) is 18.2 Å². The molecule has 1 aliphatic carbocycles. The monoisotopic (exact) mass is 376 g/mol. The number of carboxylic acid groups (broad SMARTS) is 1. The van der Waals surface area contributed by atoms with Gasteiger partial charge in [0.25, 0.3) is 0 Å². The first-order valence-corrected chi connectivity index (χ1v) is 9.50. The van der Waals surface area contributed by atoms with Crippen LogP contribution in [0.4, 0.5) is 11.4 Å². The summed E-state index contributed by atoms with van der Waals surface area (Å²) in [6, 6.07) is 5.11. The summed E-state index contributed by atoms with van der Waals surface area (Å²) < 4.78 is 5.31. The first-order chi connectivity index (χ1) is 13.0. The Morgan fingerprint density at radius 3 is 2.44 bits per heavy atom. The lowest BCUT2D eigenvalue weighted by Gasteiger charge is -2.21. The second-order valence-corrected chi connectivity index (χ2v) is 6.89. The Morgan fingerprint density at radius 1 is 1.07 bits per heavy atom. The molecule has 27 heavy (non-hydrogen) atoms. The van der Waals surface area contributed by atoms with Gasteiger partial charge in [0.2, 0.25) is 11.8 Å². The molecule has 0 aromatic heterocycles. The Kier molecular flexibility index (Phi) is 8.10. The molecule has 7 nitrogen and oxygen atoms in total. The number of carbonyl (C=O) groups is 3. The molecule has 0 radical (unpaired) electrons. The van der Waals surface area contributed by atoms with Gasteiger partial charge in [-0.05, 0) is 43.9 Å². The number of rotatable bonds is 9. The summed E-state index contributed by atoms with van der Waals surface area (Å²) in [5.41, 5.74) is 1.11. The maximum Gasteiger partial charge on any atom is 0.303 e. The molecule has 1 aromatic rings. The number of anilines is 2. The van der Waals surface area contributed by atoms with Gasteiger partial charge < -0.3 is 20.5 Å². The molecule has 1 saturated carbocycles. The van der Waals surface area contributed by atoms with E-state index >= 15 is 0 Å². The smallest absolute Gasteiger partial charge is 0.303 e. The molecule has 0 spiro atoms. The van der Waals surface area contributed by atoms with Gasteiger partial charge in [0.1, 0.15) is 5.75 Å². The van der Waals surface area contributed by atoms with Crippen LogP contribution in [0.1, 0.15) is 57.8 Å². The average molecular weight is 376 g/mol. The number of amides is 2. The fourth-order valence-electron chi connectivity index (χ4n) is 3.27. The van der Waals surface area contributed by atoms with Crippen molar-refractivity contribution >= 4 is 29.2 Å². The van der Waals surface area contributed by atoms with Crippen molar-refractivity contribution < 1.29 is 24.2 Å². The fraction of sp³-hybridized carbons (Fsp3) is 0.550. The molecule has 0 unspecified atom stereocenters. The van der Waals surface area contributed by atoms with E-state index in [0.717, 1.165) is 25.7 Å². The molecule has 2 amide bonds. The van der Waals surface area contributed by atoms with Gasteiger partial charge in [-0.15, -0.1) is 0 Å². The number of ether oxygens (including phenoxy) is 1. The maximum atomic E-state index is 12.5. The van der Waals surface area contributed by atoms with Gasteiger partial charge in [0, 0.05) is 24.4 Å². The summed E-state index contributed by atoms with van der Waals surface area (Å²) >= 11 is 0. The summed E-state index contributed by atoms with van der Waals surface area (Å²) in [4.78, 5) is 35.0. The zero-order valence-corrected chi connectivity index (χ0v) is 15.8. The van der Waals surface area contributed by atoms with E-state index in [1.54, 1.807) is 18.2 Å². The zero-order valence-electron chi connectivity index (χ0n) is 15.8. The van der Waals surface area contributed by atoms with Gasteiger partial charge in [-0.2, -0.15) is 0 Å². The van der Waals surface area contributed by atoms with E-state index in [1.165, 1.54) is 13.5 Å². The minimum Gasteiger partial charge on any atom is -0.495 e. The van der Waals surface area contributed by atoms with Crippen LogP contribution in [0.25, 0.3) is 0 Å². The molecular weight excluding hydrogens is 348 g/mol. The number of hydrogen-bond donors (Lipinski definition) is 3. The zero-order chi connectivity index (χ0) is 19.6. The number of hydrogen-bond acceptors (Lipinski definition) is 4. The van der Waals surface area contributed by atoms with E-state index in [9.17, 15) is 14.4 Å². The Bertz CT molecular complexity index is 668. The molecule has 0 bridgehead atoms. The van der Waals surface area contributed by atoms with Crippen LogP contribution in [0.5, 0.6) is 5.75 Å². The van der Waals surface area contributed by atoms with E-state index < -0.39 is 5.97 Å². The molecule has 0 saturated heterocycles. The molecule has 3 N–H and O–H groups in total. The van der Waals surface area contributed by atoms with Crippen molar-refractivity contribution in [3.8, 4) is 5.75 Å². The van der Waals surface area contributed by atoms with Crippen molar-refractivity contribution in [2.75, 3.05) is 17.7 Å². The van der Waals surface area contributed by atoms with Gasteiger partial charge in [-0.3, -0.25) is 14.4 Å². The minimum atomic E-state index is -0.857. The largest absolute Gasteiger partial charge is 0.495 e. The highest BCUT2D eigenvalue weighted by Gasteiger charge is 2.22. The highest BCUT2D eigenvalue weighted by atomic mass is 16.5. The second kappa shape index (κ2) is 10.5. The summed E-state index contributed by atoms with van der Waals surface area (Å²) in [6.45, 7) is 0. The summed E-state index contributed by atoms with van der Waals surface area (Å²) in [7, 11) is 1.53. The van der Waals surface area contributed by atoms with Crippen molar-refractivity contribution in [3.05, 3.63) is 18.2 Å². The third-order valence-corrected chi connectivity index (χ3v) is 4.76. The Morgan fingerprint density at radius 2 is 1.78 bits per heavy atom. The predicted molar refractivity (Wildman–Crippen MR) is 103 cm³/mol. The normalized spacial score (nSPS) is 14.4. The van der Waals surface area contributed by atoms with Crippen LogP contribution in [0.2, 0.25) is 0 Å². The number of unbranched alkanes of at least 4 members (excludes halogenated alkanes) is 1. The third-order valence-electron chi connectivity index (χ3n) is 4.76. The highest BCUT2D eigenvalue weighted by Crippen LogP contribution is 2.30. The number of carboxylic acids is 1. The average Bonchev–Trinajstić information content (AvgIpc) is 2.66. The second-order valence-electron chi connectivity index (χ2n) is 6.89. The summed E-state index contributed by atoms with van der Waals surface area (Å²) in [6.07, 6.45) is 6.44. The quantitative estimate of drug-likeness (QED) is 0.569. The molecule has 2 rings (SSSR count). The van der Waals surface area contributed by atoms with Crippen molar-refractivity contribution in [1.29, 1.82) is 0 Å². The first-order valence-electron chi connectivity index (χ1n) is 9.50. The van der Waals surface area contributed by atoms with Crippen LogP contribution >= 0.6 is 0 Å². The Labute approximate surface area is 159 Å². The van der Waals surface area contributed by atoms with Crippen molar-refractivity contribution in [2.45, 2.75) is 57.8 Å². The number of benzene rings is 1. The van der Waals surface area contributed by atoms with Gasteiger partial charge in [-0.25, -0.2) is 0 Å². The van der Waals surface area contributed by atoms with E-state index in [4.69, 9.17) is 9.84 Å². The lowest BCUT2D eigenvalue weighted by atomic mass is 9.88. The molecular formula is C20H28N2O5. The van der Waals surface area contributed by atoms with Crippen LogP contribution in [-0.2, 0) is 14.4 Å². The SMILES string of the molecule is COc1ccc(NC(=O)CCCCC(=O)O)cc1NC(=O)C1CCCCC1. The van der Waals surface area contributed by atoms with Crippen molar-refractivity contribution in [3.63, 3.8) is 0 Å². The number of carbonyl (C=O) groups excluding carboxylic acids is 2. The third kappa shape index (κ3) is 6.92. The van der Waals surface area contributed by atoms with E-state index in [1.807, 2.05) is 0 Å². The maximum absolute atomic E-state index is 12.5. The Hall–Kier alpha value is -2.57. The van der Waals surface area contributed by atoms with E-state index in [0.29, 0.717) is 30.0 Å². The fourth-order valence-corrected chi connectivity index (χ4v) is 3.27. The van der Waals surface area contributed by atoms with Gasteiger partial charge in [-0.1, -0.05) is 19.3 Å². The van der Waals surface area contributed by atoms with Crippen LogP contribution < -0.4 is 15.4 Å². The standard InChI is InChI=1S/C20H28N2O5/c1-27-17-12-11-15(21-18(23)9-5-6-10-19(24)25)13-16(17)22-20(26)14-7-3-2-4-8-14/h11-14H,2-10H2,1H3,(H,21,23)(H,22,26)(H,24,25). The molecule has 148 valence electrons. The number of aliphatic carboxylic acids is 1. The predicted octanol–water partition coefficient (Wildman–Crippen LogP) is 3.80. The Balaban J connectivity index is 1.94. The van der Waals surface area contributed by atoms with Crippen LogP contribution in [-0.4, -0.2) is 30.0 Å². The molecule has 1 aromatic carbocycles. The van der Waals surface area contributed by atoms with E-state index in [-0.39, 0.29) is 30.6 Å². The molecule has 7 heteroatoms. The van der Waals surface area contributed by atoms with Crippen molar-refractivity contribution in [2.24, 2.45) is 5.92 Å². The minimum absolute atomic E-state index is 0.00912. The van der Waals surface area contributed by atoms with E-state index in [2.05, 4.69) is 10.6 Å². The molecule has 1 fully saturated rings. The summed E-state index contributed by atoms with van der Waals surface area (Å²) in [5, 5.41) is 14.3. The molecule has 0 atom stereocenters.